The van der Waals surface area contributed by atoms with Gasteiger partial charge in [-0.2, -0.15) is 0 Å². The van der Waals surface area contributed by atoms with E-state index in [1.807, 2.05) is 128 Å². The predicted octanol–water partition coefficient (Wildman–Crippen LogP) is 6.48. The van der Waals surface area contributed by atoms with Crippen molar-refractivity contribution in [2.45, 2.75) is 68.9 Å². The van der Waals surface area contributed by atoms with Crippen molar-refractivity contribution in [1.29, 1.82) is 0 Å². The first kappa shape index (κ1) is 36.6. The highest BCUT2D eigenvalue weighted by atomic mass is 32.2. The predicted molar refractivity (Wildman–Crippen MR) is 194 cm³/mol. The highest BCUT2D eigenvalue weighted by molar-refractivity contribution is 7.89. The molecule has 1 heterocycles. The number of hydrogen-bond donors (Lipinski definition) is 2. The Balaban J connectivity index is 1.31. The summed E-state index contributed by atoms with van der Waals surface area (Å²) in [6.07, 6.45) is -3.84. The SMILES string of the molecule is Cc1ccc(S(=O)(=O)NN[C@@H]2O[C@H](COCc3ccccc3)[C@@H](OCc3ccccc3)[C@H](OCc3ccccc3)[C@H]2OCc2ccccc2)cc1. The third-order valence-electron chi connectivity index (χ3n) is 8.55. The molecule has 0 unspecified atom stereocenters. The van der Waals surface area contributed by atoms with Gasteiger partial charge >= 0.3 is 0 Å². The monoisotopic (exact) mass is 708 g/mol. The molecule has 1 saturated heterocycles. The molecule has 10 heteroatoms. The number of benzene rings is 5. The molecule has 266 valence electrons. The molecule has 2 N–H and O–H groups in total. The van der Waals surface area contributed by atoms with Crippen LogP contribution < -0.4 is 10.3 Å². The summed E-state index contributed by atoms with van der Waals surface area (Å²) in [6, 6.07) is 46.0. The van der Waals surface area contributed by atoms with Gasteiger partial charge in [0.1, 0.15) is 24.4 Å². The second kappa shape index (κ2) is 18.3. The summed E-state index contributed by atoms with van der Waals surface area (Å²) in [4.78, 5) is 2.66. The number of nitrogens with one attached hydrogen (secondary N) is 2. The summed E-state index contributed by atoms with van der Waals surface area (Å²) in [5.41, 5.74) is 7.79. The van der Waals surface area contributed by atoms with E-state index in [-0.39, 0.29) is 24.7 Å². The second-order valence-electron chi connectivity index (χ2n) is 12.4. The first-order chi connectivity index (χ1) is 24.9. The minimum atomic E-state index is -3.97. The van der Waals surface area contributed by atoms with Gasteiger partial charge in [-0.05, 0) is 41.3 Å². The lowest BCUT2D eigenvalue weighted by molar-refractivity contribution is -0.279. The Bertz CT molecular complexity index is 1850. The van der Waals surface area contributed by atoms with E-state index < -0.39 is 40.7 Å². The summed E-state index contributed by atoms with van der Waals surface area (Å²) >= 11 is 0. The zero-order chi connectivity index (χ0) is 35.3. The molecule has 5 atom stereocenters. The van der Waals surface area contributed by atoms with Crippen LogP contribution in [0.4, 0.5) is 0 Å². The molecule has 0 radical (unpaired) electrons. The van der Waals surface area contributed by atoms with Crippen LogP contribution >= 0.6 is 0 Å². The van der Waals surface area contributed by atoms with Crippen LogP contribution in [0.15, 0.2) is 150 Å². The third-order valence-corrected chi connectivity index (χ3v) is 9.83. The first-order valence-corrected chi connectivity index (χ1v) is 18.5. The van der Waals surface area contributed by atoms with Crippen molar-refractivity contribution in [3.63, 3.8) is 0 Å². The average molecular weight is 709 g/mol. The van der Waals surface area contributed by atoms with Crippen molar-refractivity contribution in [3.05, 3.63) is 173 Å². The van der Waals surface area contributed by atoms with E-state index in [1.165, 1.54) is 0 Å². The van der Waals surface area contributed by atoms with Gasteiger partial charge in [0.25, 0.3) is 10.0 Å². The van der Waals surface area contributed by atoms with Gasteiger partial charge in [-0.25, -0.2) is 13.8 Å². The first-order valence-electron chi connectivity index (χ1n) is 17.0. The van der Waals surface area contributed by atoms with E-state index in [2.05, 4.69) is 10.3 Å². The molecule has 51 heavy (non-hydrogen) atoms. The molecule has 0 aromatic heterocycles. The van der Waals surface area contributed by atoms with Gasteiger partial charge in [0.2, 0.25) is 0 Å². The average Bonchev–Trinajstić information content (AvgIpc) is 3.17. The number of aryl methyl sites for hydroxylation is 1. The van der Waals surface area contributed by atoms with Crippen molar-refractivity contribution in [2.75, 3.05) is 6.61 Å². The molecule has 1 fully saturated rings. The zero-order valence-corrected chi connectivity index (χ0v) is 29.4. The summed E-state index contributed by atoms with van der Waals surface area (Å²) in [5, 5.41) is 0. The Kier molecular flexibility index (Phi) is 13.1. The van der Waals surface area contributed by atoms with E-state index >= 15 is 0 Å². The molecule has 0 aliphatic carbocycles. The fourth-order valence-electron chi connectivity index (χ4n) is 5.82. The fourth-order valence-corrected chi connectivity index (χ4v) is 6.70. The van der Waals surface area contributed by atoms with Gasteiger partial charge in [0.15, 0.2) is 6.23 Å². The molecular formula is C41H44N2O7S. The Labute approximate surface area is 300 Å². The summed E-state index contributed by atoms with van der Waals surface area (Å²) in [7, 11) is -3.97. The standard InChI is InChI=1S/C41H44N2O7S/c1-31-22-24-36(25-23-31)51(44,45)43-42-41-40(49-29-35-20-12-5-13-21-35)39(48-28-34-18-10-4-11-19-34)38(47-27-33-16-8-3-9-17-33)37(50-41)30-46-26-32-14-6-2-7-15-32/h2-25,37-43H,26-30H2,1H3/t37-,38-,39+,40-,41-/m1/s1. The molecule has 5 aromatic rings. The maximum Gasteiger partial charge on any atom is 0.253 e. The van der Waals surface area contributed by atoms with E-state index in [1.54, 1.807) is 24.3 Å². The van der Waals surface area contributed by atoms with E-state index in [0.717, 1.165) is 27.8 Å². The van der Waals surface area contributed by atoms with Gasteiger partial charge in [-0.15, -0.1) is 4.83 Å². The van der Waals surface area contributed by atoms with Crippen LogP contribution in [0.3, 0.4) is 0 Å². The van der Waals surface area contributed by atoms with Crippen molar-refractivity contribution in [1.82, 2.24) is 10.3 Å². The minimum Gasteiger partial charge on any atom is -0.374 e. The van der Waals surface area contributed by atoms with E-state index in [9.17, 15) is 8.42 Å². The van der Waals surface area contributed by atoms with Gasteiger partial charge in [0, 0.05) is 0 Å². The van der Waals surface area contributed by atoms with E-state index in [4.69, 9.17) is 23.7 Å². The lowest BCUT2D eigenvalue weighted by atomic mass is 9.97. The van der Waals surface area contributed by atoms with Gasteiger partial charge in [0.05, 0.1) is 37.9 Å². The summed E-state index contributed by atoms with van der Waals surface area (Å²) < 4.78 is 59.8. The summed E-state index contributed by atoms with van der Waals surface area (Å²) in [5.74, 6) is 0. The Hall–Kier alpha value is -4.23. The number of rotatable bonds is 17. The van der Waals surface area contributed by atoms with Crippen LogP contribution in [0.25, 0.3) is 0 Å². The van der Waals surface area contributed by atoms with Crippen molar-refractivity contribution in [3.8, 4) is 0 Å². The van der Waals surface area contributed by atoms with Crippen molar-refractivity contribution in [2.24, 2.45) is 0 Å². The molecule has 5 aromatic carbocycles. The molecule has 0 saturated carbocycles. The lowest BCUT2D eigenvalue weighted by Gasteiger charge is -2.46. The minimum absolute atomic E-state index is 0.113. The fraction of sp³-hybridized carbons (Fsp3) is 0.268. The number of sulfonamides is 1. The molecule has 0 spiro atoms. The quantitative estimate of drug-likeness (QED) is 0.106. The molecular weight excluding hydrogens is 665 g/mol. The normalized spacial score (nSPS) is 20.6. The maximum absolute atomic E-state index is 13.4. The molecule has 1 aliphatic heterocycles. The van der Waals surface area contributed by atoms with E-state index in [0.29, 0.717) is 13.2 Å². The highest BCUT2D eigenvalue weighted by Crippen LogP contribution is 2.30. The van der Waals surface area contributed by atoms with Crippen LogP contribution in [-0.4, -0.2) is 45.7 Å². The topological polar surface area (TPSA) is 104 Å². The largest absolute Gasteiger partial charge is 0.374 e. The number of ether oxygens (including phenoxy) is 5. The van der Waals surface area contributed by atoms with Gasteiger partial charge < -0.3 is 23.7 Å². The van der Waals surface area contributed by atoms with Crippen molar-refractivity contribution >= 4 is 10.0 Å². The smallest absolute Gasteiger partial charge is 0.253 e. The Morgan fingerprint density at radius 3 is 1.47 bits per heavy atom. The molecule has 9 nitrogen and oxygen atoms in total. The highest BCUT2D eigenvalue weighted by Gasteiger charge is 2.49. The second-order valence-corrected chi connectivity index (χ2v) is 14.1. The number of hydrogen-bond acceptors (Lipinski definition) is 8. The Morgan fingerprint density at radius 1 is 0.549 bits per heavy atom. The Morgan fingerprint density at radius 2 is 0.980 bits per heavy atom. The molecule has 1 aliphatic rings. The van der Waals surface area contributed by atoms with Crippen LogP contribution in [0, 0.1) is 6.92 Å². The zero-order valence-electron chi connectivity index (χ0n) is 28.5. The van der Waals surface area contributed by atoms with Crippen LogP contribution in [0.5, 0.6) is 0 Å². The lowest BCUT2D eigenvalue weighted by Crippen LogP contribution is -2.66. The van der Waals surface area contributed by atoms with Crippen LogP contribution in [0.1, 0.15) is 27.8 Å². The van der Waals surface area contributed by atoms with Crippen LogP contribution in [-0.2, 0) is 60.1 Å². The van der Waals surface area contributed by atoms with Crippen LogP contribution in [0.2, 0.25) is 0 Å². The van der Waals surface area contributed by atoms with Gasteiger partial charge in [-0.3, -0.25) is 0 Å². The number of hydrazine groups is 1. The summed E-state index contributed by atoms with van der Waals surface area (Å²) in [6.45, 7) is 3.18. The molecule has 0 bridgehead atoms. The molecule has 6 rings (SSSR count). The van der Waals surface area contributed by atoms with Gasteiger partial charge in [-0.1, -0.05) is 139 Å². The third kappa shape index (κ3) is 10.6. The maximum atomic E-state index is 13.4. The molecule has 0 amide bonds. The van der Waals surface area contributed by atoms with Crippen molar-refractivity contribution < 1.29 is 32.1 Å².